The van der Waals surface area contributed by atoms with E-state index in [1.807, 2.05) is 12.1 Å². The minimum absolute atomic E-state index is 0.101. The van der Waals surface area contributed by atoms with Gasteiger partial charge in [-0.05, 0) is 67.8 Å². The second-order valence-corrected chi connectivity index (χ2v) is 7.26. The number of nitrogens with two attached hydrogens (primary N) is 1. The summed E-state index contributed by atoms with van der Waals surface area (Å²) in [6.45, 7) is 0. The highest BCUT2D eigenvalue weighted by molar-refractivity contribution is 5.96. The Bertz CT molecular complexity index is 543. The first-order valence-electron chi connectivity index (χ1n) is 7.70. The second kappa shape index (κ2) is 4.00. The van der Waals surface area contributed by atoms with Crippen LogP contribution in [0.5, 0.6) is 5.75 Å². The second-order valence-electron chi connectivity index (χ2n) is 7.26. The third-order valence-electron chi connectivity index (χ3n) is 5.91. The summed E-state index contributed by atoms with van der Waals surface area (Å²) in [5, 5.41) is 10.5. The molecule has 0 unspecified atom stereocenters. The molecule has 0 aromatic heterocycles. The van der Waals surface area contributed by atoms with Gasteiger partial charge in [0.05, 0.1) is 5.56 Å². The van der Waals surface area contributed by atoms with Gasteiger partial charge in [0.2, 0.25) is 0 Å². The molecule has 0 spiro atoms. The van der Waals surface area contributed by atoms with Crippen molar-refractivity contribution in [2.45, 2.75) is 43.9 Å². The molecule has 0 aliphatic heterocycles. The average molecular weight is 271 g/mol. The molecule has 3 heteroatoms. The van der Waals surface area contributed by atoms with Crippen molar-refractivity contribution in [2.24, 2.45) is 23.5 Å². The molecule has 4 aliphatic rings. The molecule has 1 aromatic rings. The van der Waals surface area contributed by atoms with Crippen LogP contribution in [0.4, 0.5) is 0 Å². The first kappa shape index (κ1) is 12.2. The van der Waals surface area contributed by atoms with Gasteiger partial charge in [0, 0.05) is 5.56 Å². The highest BCUT2D eigenvalue weighted by Crippen LogP contribution is 2.61. The molecule has 0 atom stereocenters. The van der Waals surface area contributed by atoms with Crippen molar-refractivity contribution in [1.29, 1.82) is 0 Å². The van der Waals surface area contributed by atoms with E-state index in [0.29, 0.717) is 0 Å². The van der Waals surface area contributed by atoms with Crippen LogP contribution < -0.4 is 5.73 Å². The molecule has 1 amide bonds. The summed E-state index contributed by atoms with van der Waals surface area (Å²) in [7, 11) is 0. The lowest BCUT2D eigenvalue weighted by molar-refractivity contribution is -0.00615. The molecule has 0 heterocycles. The van der Waals surface area contributed by atoms with Crippen molar-refractivity contribution >= 4 is 5.91 Å². The number of carbonyl (C=O) groups is 1. The van der Waals surface area contributed by atoms with Crippen LogP contribution in [0.15, 0.2) is 18.2 Å². The van der Waals surface area contributed by atoms with Crippen molar-refractivity contribution < 1.29 is 9.90 Å². The lowest BCUT2D eigenvalue weighted by atomic mass is 9.48. The zero-order valence-corrected chi connectivity index (χ0v) is 11.6. The number of rotatable bonds is 2. The smallest absolute Gasteiger partial charge is 0.252 e. The van der Waals surface area contributed by atoms with Crippen LogP contribution in [0, 0.1) is 17.8 Å². The lowest BCUT2D eigenvalue weighted by Gasteiger charge is -2.57. The summed E-state index contributed by atoms with van der Waals surface area (Å²) in [5.41, 5.74) is 6.73. The first-order chi connectivity index (χ1) is 9.57. The van der Waals surface area contributed by atoms with Gasteiger partial charge >= 0.3 is 0 Å². The summed E-state index contributed by atoms with van der Waals surface area (Å²) in [4.78, 5) is 11.5. The van der Waals surface area contributed by atoms with Crippen LogP contribution in [-0.4, -0.2) is 11.0 Å². The van der Waals surface area contributed by atoms with Gasteiger partial charge in [-0.25, -0.2) is 0 Å². The molecule has 106 valence electrons. The number of hydrogen-bond donors (Lipinski definition) is 2. The molecule has 3 nitrogen and oxygen atoms in total. The van der Waals surface area contributed by atoms with E-state index in [2.05, 4.69) is 0 Å². The molecule has 1 aromatic carbocycles. The number of primary amides is 1. The normalized spacial score (nSPS) is 38.1. The van der Waals surface area contributed by atoms with Crippen LogP contribution in [0.2, 0.25) is 0 Å². The summed E-state index contributed by atoms with van der Waals surface area (Å²) >= 11 is 0. The Labute approximate surface area is 119 Å². The predicted octanol–water partition coefficient (Wildman–Crippen LogP) is 2.96. The van der Waals surface area contributed by atoms with Crippen molar-refractivity contribution in [3.8, 4) is 5.75 Å². The molecule has 4 aliphatic carbocycles. The van der Waals surface area contributed by atoms with E-state index >= 15 is 0 Å². The van der Waals surface area contributed by atoms with Crippen LogP contribution in [0.25, 0.3) is 0 Å². The number of benzene rings is 1. The Kier molecular flexibility index (Phi) is 2.45. The van der Waals surface area contributed by atoms with E-state index < -0.39 is 5.91 Å². The molecule has 5 rings (SSSR count). The number of amides is 1. The maximum absolute atomic E-state index is 11.5. The third-order valence-corrected chi connectivity index (χ3v) is 5.91. The number of hydrogen-bond acceptors (Lipinski definition) is 2. The molecule has 4 bridgehead atoms. The maximum Gasteiger partial charge on any atom is 0.252 e. The summed E-state index contributed by atoms with van der Waals surface area (Å²) in [6, 6.07) is 5.50. The van der Waals surface area contributed by atoms with Crippen molar-refractivity contribution in [1.82, 2.24) is 0 Å². The summed E-state index contributed by atoms with van der Waals surface area (Å²) in [5.74, 6) is 2.06. The number of phenols is 1. The summed E-state index contributed by atoms with van der Waals surface area (Å²) < 4.78 is 0. The van der Waals surface area contributed by atoms with Crippen LogP contribution in [0.3, 0.4) is 0 Å². The minimum atomic E-state index is -0.533. The van der Waals surface area contributed by atoms with Crippen molar-refractivity contribution in [3.05, 3.63) is 29.3 Å². The van der Waals surface area contributed by atoms with E-state index in [-0.39, 0.29) is 16.7 Å². The quantitative estimate of drug-likeness (QED) is 0.868. The zero-order valence-electron chi connectivity index (χ0n) is 11.6. The van der Waals surface area contributed by atoms with E-state index in [0.717, 1.165) is 23.3 Å². The Balaban J connectivity index is 1.81. The Morgan fingerprint density at radius 3 is 2.15 bits per heavy atom. The molecular weight excluding hydrogens is 250 g/mol. The van der Waals surface area contributed by atoms with E-state index in [4.69, 9.17) is 5.73 Å². The van der Waals surface area contributed by atoms with Gasteiger partial charge in [-0.15, -0.1) is 0 Å². The van der Waals surface area contributed by atoms with Gasteiger partial charge in [-0.2, -0.15) is 0 Å². The Morgan fingerprint density at radius 2 is 1.65 bits per heavy atom. The molecule has 0 saturated heterocycles. The molecule has 20 heavy (non-hydrogen) atoms. The van der Waals surface area contributed by atoms with Crippen LogP contribution >= 0.6 is 0 Å². The minimum Gasteiger partial charge on any atom is -0.507 e. The van der Waals surface area contributed by atoms with Gasteiger partial charge in [0.1, 0.15) is 5.75 Å². The lowest BCUT2D eigenvalue weighted by Crippen LogP contribution is -2.48. The highest BCUT2D eigenvalue weighted by atomic mass is 16.3. The van der Waals surface area contributed by atoms with Crippen molar-refractivity contribution in [3.63, 3.8) is 0 Å². The average Bonchev–Trinajstić information content (AvgIpc) is 2.36. The van der Waals surface area contributed by atoms with E-state index in [1.165, 1.54) is 38.5 Å². The van der Waals surface area contributed by atoms with E-state index in [1.54, 1.807) is 6.07 Å². The molecular formula is C17H21NO2. The maximum atomic E-state index is 11.5. The van der Waals surface area contributed by atoms with Gasteiger partial charge in [0.25, 0.3) is 5.91 Å². The van der Waals surface area contributed by atoms with Gasteiger partial charge < -0.3 is 10.8 Å². The van der Waals surface area contributed by atoms with Gasteiger partial charge in [-0.1, -0.05) is 12.1 Å². The van der Waals surface area contributed by atoms with E-state index in [9.17, 15) is 9.90 Å². The molecule has 4 saturated carbocycles. The van der Waals surface area contributed by atoms with Gasteiger partial charge in [0.15, 0.2) is 0 Å². The number of carbonyl (C=O) groups excluding carboxylic acids is 1. The van der Waals surface area contributed by atoms with Gasteiger partial charge in [-0.3, -0.25) is 4.79 Å². The van der Waals surface area contributed by atoms with Crippen molar-refractivity contribution in [2.75, 3.05) is 0 Å². The molecule has 0 radical (unpaired) electrons. The zero-order chi connectivity index (χ0) is 13.9. The molecule has 4 fully saturated rings. The highest BCUT2D eigenvalue weighted by Gasteiger charge is 2.52. The SMILES string of the molecule is NC(=O)c1cccc(C23CC4CC(CC(C4)C2)C3)c1O. The monoisotopic (exact) mass is 271 g/mol. The van der Waals surface area contributed by atoms with Crippen LogP contribution in [-0.2, 0) is 5.41 Å². The number of aromatic hydroxyl groups is 1. The first-order valence-corrected chi connectivity index (χ1v) is 7.70. The fraction of sp³-hybridized carbons (Fsp3) is 0.588. The molecule has 3 N–H and O–H groups in total. The Morgan fingerprint density at radius 1 is 1.10 bits per heavy atom. The largest absolute Gasteiger partial charge is 0.507 e. The fourth-order valence-electron chi connectivity index (χ4n) is 5.61. The predicted molar refractivity (Wildman–Crippen MR) is 76.5 cm³/mol. The van der Waals surface area contributed by atoms with Crippen LogP contribution in [0.1, 0.15) is 54.4 Å². The summed E-state index contributed by atoms with van der Waals surface area (Å²) in [6.07, 6.45) is 7.64. The number of para-hydroxylation sites is 1. The topological polar surface area (TPSA) is 63.3 Å². The Hall–Kier alpha value is -1.51. The third kappa shape index (κ3) is 1.62. The standard InChI is InChI=1S/C17H21NO2/c18-16(20)13-2-1-3-14(15(13)19)17-7-10-4-11(8-17)6-12(5-10)9-17/h1-3,10-12,19H,4-9H2,(H2,18,20). The fourth-order valence-corrected chi connectivity index (χ4v) is 5.61.